The van der Waals surface area contributed by atoms with Gasteiger partial charge < -0.3 is 32.9 Å². The highest BCUT2D eigenvalue weighted by atomic mass is 16.4. The van der Waals surface area contributed by atoms with Crippen molar-refractivity contribution < 1.29 is 24.3 Å². The Morgan fingerprint density at radius 2 is 1.15 bits per heavy atom. The smallest absolute Gasteiger partial charge is 0.326 e. The van der Waals surface area contributed by atoms with Gasteiger partial charge in [0.1, 0.15) is 6.04 Å². The van der Waals surface area contributed by atoms with Crippen molar-refractivity contribution in [3.63, 3.8) is 0 Å². The van der Waals surface area contributed by atoms with E-state index in [4.69, 9.17) is 17.2 Å². The summed E-state index contributed by atoms with van der Waals surface area (Å²) in [5, 5.41) is 14.9. The lowest BCUT2D eigenvalue weighted by molar-refractivity contribution is -0.143. The molecule has 2 amide bonds. The first-order chi connectivity index (χ1) is 15.7. The van der Waals surface area contributed by atoms with Crippen LogP contribution >= 0.6 is 0 Å². The van der Waals surface area contributed by atoms with Crippen LogP contribution in [0.2, 0.25) is 0 Å². The zero-order chi connectivity index (χ0) is 25.2. The van der Waals surface area contributed by atoms with Gasteiger partial charge in [-0.05, 0) is 71.0 Å². The maximum Gasteiger partial charge on any atom is 0.326 e. The molecule has 0 heterocycles. The molecule has 0 aliphatic carbocycles. The summed E-state index contributed by atoms with van der Waals surface area (Å²) in [6.45, 7) is 4.90. The molecule has 0 saturated carbocycles. The highest BCUT2D eigenvalue weighted by Crippen LogP contribution is 2.18. The van der Waals surface area contributed by atoms with Crippen LogP contribution in [-0.4, -0.2) is 60.4 Å². The predicted molar refractivity (Wildman–Crippen MR) is 128 cm³/mol. The largest absolute Gasteiger partial charge is 0.480 e. The quantitative estimate of drug-likeness (QED) is 0.139. The minimum atomic E-state index is -1.11. The van der Waals surface area contributed by atoms with E-state index in [1.807, 2.05) is 0 Å². The summed E-state index contributed by atoms with van der Waals surface area (Å²) in [7, 11) is 0. The molecule has 0 spiro atoms. The SMILES string of the molecule is CC(C)C(=O)N[C@@H](CCCCN)C(=O)C[C@@H](CCCCN)C(=O)N[C@@H](CCCCN)C(=O)O. The molecule has 3 atom stereocenters. The summed E-state index contributed by atoms with van der Waals surface area (Å²) in [6, 6.07) is -1.73. The number of hydrogen-bond donors (Lipinski definition) is 6. The number of nitrogens with one attached hydrogen (secondary N) is 2. The average molecular weight is 472 g/mol. The highest BCUT2D eigenvalue weighted by molar-refractivity contribution is 5.93. The molecule has 0 rings (SSSR count). The van der Waals surface area contributed by atoms with Gasteiger partial charge in [0, 0.05) is 18.3 Å². The van der Waals surface area contributed by atoms with Crippen molar-refractivity contribution in [1.29, 1.82) is 0 Å². The van der Waals surface area contributed by atoms with E-state index in [1.165, 1.54) is 0 Å². The minimum Gasteiger partial charge on any atom is -0.480 e. The van der Waals surface area contributed by atoms with Crippen molar-refractivity contribution in [3.05, 3.63) is 0 Å². The lowest BCUT2D eigenvalue weighted by Gasteiger charge is -2.23. The van der Waals surface area contributed by atoms with Gasteiger partial charge in [-0.1, -0.05) is 20.3 Å². The number of carbonyl (C=O) groups is 4. The van der Waals surface area contributed by atoms with Gasteiger partial charge in [-0.15, -0.1) is 0 Å². The zero-order valence-corrected chi connectivity index (χ0v) is 20.3. The van der Waals surface area contributed by atoms with Crippen LogP contribution in [0.15, 0.2) is 0 Å². The zero-order valence-electron chi connectivity index (χ0n) is 20.3. The molecule has 33 heavy (non-hydrogen) atoms. The highest BCUT2D eigenvalue weighted by Gasteiger charge is 2.30. The molecule has 0 fully saturated rings. The first-order valence-corrected chi connectivity index (χ1v) is 12.1. The van der Waals surface area contributed by atoms with E-state index < -0.39 is 29.9 Å². The van der Waals surface area contributed by atoms with Gasteiger partial charge in [-0.2, -0.15) is 0 Å². The Labute approximate surface area is 197 Å². The van der Waals surface area contributed by atoms with Crippen molar-refractivity contribution in [3.8, 4) is 0 Å². The van der Waals surface area contributed by atoms with Gasteiger partial charge in [-0.25, -0.2) is 4.79 Å². The Morgan fingerprint density at radius 1 is 0.697 bits per heavy atom. The number of unbranched alkanes of at least 4 members (excludes halogenated alkanes) is 3. The van der Waals surface area contributed by atoms with Crippen LogP contribution in [0.4, 0.5) is 0 Å². The molecule has 0 saturated heterocycles. The van der Waals surface area contributed by atoms with Gasteiger partial charge in [-0.3, -0.25) is 14.4 Å². The van der Waals surface area contributed by atoms with Crippen molar-refractivity contribution in [2.75, 3.05) is 19.6 Å². The molecule has 0 aliphatic rings. The predicted octanol–water partition coefficient (Wildman–Crippen LogP) is 0.659. The number of carbonyl (C=O) groups excluding carboxylic acids is 3. The summed E-state index contributed by atoms with van der Waals surface area (Å²) in [5.74, 6) is -3.00. The third kappa shape index (κ3) is 14.0. The van der Waals surface area contributed by atoms with Crippen LogP contribution in [0.1, 0.15) is 78.1 Å². The third-order valence-corrected chi connectivity index (χ3v) is 5.56. The van der Waals surface area contributed by atoms with Crippen LogP contribution < -0.4 is 27.8 Å². The maximum atomic E-state index is 13.1. The fourth-order valence-electron chi connectivity index (χ4n) is 3.43. The molecule has 0 aliphatic heterocycles. The minimum absolute atomic E-state index is 0.0722. The molecule has 0 aromatic rings. The van der Waals surface area contributed by atoms with E-state index in [9.17, 15) is 24.3 Å². The lowest BCUT2D eigenvalue weighted by Crippen LogP contribution is -2.46. The fourth-order valence-corrected chi connectivity index (χ4v) is 3.43. The molecule has 10 heteroatoms. The second-order valence-corrected chi connectivity index (χ2v) is 8.84. The number of aliphatic carboxylic acids is 1. The first kappa shape index (κ1) is 31.0. The Kier molecular flexibility index (Phi) is 17.3. The number of rotatable bonds is 20. The number of carboxylic acid groups (broad SMARTS) is 1. The van der Waals surface area contributed by atoms with E-state index >= 15 is 0 Å². The lowest BCUT2D eigenvalue weighted by atomic mass is 9.90. The first-order valence-electron chi connectivity index (χ1n) is 12.1. The molecule has 0 aromatic carbocycles. The van der Waals surface area contributed by atoms with Crippen LogP contribution in [-0.2, 0) is 19.2 Å². The number of Topliss-reactive ketones (excluding diaryl/α,β-unsaturated/α-hetero) is 1. The maximum absolute atomic E-state index is 13.1. The van der Waals surface area contributed by atoms with Gasteiger partial charge in [0.15, 0.2) is 5.78 Å². The Balaban J connectivity index is 5.35. The van der Waals surface area contributed by atoms with E-state index in [1.54, 1.807) is 13.8 Å². The third-order valence-electron chi connectivity index (χ3n) is 5.56. The summed E-state index contributed by atoms with van der Waals surface area (Å²) >= 11 is 0. The molecule has 9 N–H and O–H groups in total. The average Bonchev–Trinajstić information content (AvgIpc) is 2.76. The summed E-state index contributed by atoms with van der Waals surface area (Å²) < 4.78 is 0. The van der Waals surface area contributed by atoms with Crippen LogP contribution in [0, 0.1) is 11.8 Å². The Morgan fingerprint density at radius 3 is 1.61 bits per heavy atom. The van der Waals surface area contributed by atoms with E-state index in [-0.39, 0.29) is 30.4 Å². The summed E-state index contributed by atoms with van der Waals surface area (Å²) in [4.78, 5) is 49.8. The van der Waals surface area contributed by atoms with Crippen molar-refractivity contribution in [2.45, 2.75) is 90.1 Å². The molecule has 10 nitrogen and oxygen atoms in total. The number of nitrogens with two attached hydrogens (primary N) is 3. The standard InChI is InChI=1S/C23H45N5O5/c1-16(2)21(30)27-18(10-4-7-13-25)20(29)15-17(9-3-6-12-24)22(31)28-19(23(32)33)11-5-8-14-26/h16-19H,3-15,24-26H2,1-2H3,(H,27,30)(H,28,31)(H,32,33)/t17-,18+,19+/m1/s1. The summed E-state index contributed by atoms with van der Waals surface area (Å²) in [5.41, 5.74) is 16.6. The van der Waals surface area contributed by atoms with Crippen molar-refractivity contribution in [2.24, 2.45) is 29.0 Å². The van der Waals surface area contributed by atoms with E-state index in [0.717, 1.165) is 6.42 Å². The normalized spacial score (nSPS) is 13.9. The second-order valence-electron chi connectivity index (χ2n) is 8.84. The molecule has 0 unspecified atom stereocenters. The summed E-state index contributed by atoms with van der Waals surface area (Å²) in [6.07, 6.45) is 5.05. The number of hydrogen-bond acceptors (Lipinski definition) is 7. The molecule has 0 radical (unpaired) electrons. The van der Waals surface area contributed by atoms with Crippen LogP contribution in [0.3, 0.4) is 0 Å². The fraction of sp³-hybridized carbons (Fsp3) is 0.826. The van der Waals surface area contributed by atoms with E-state index in [0.29, 0.717) is 64.6 Å². The van der Waals surface area contributed by atoms with Crippen LogP contribution in [0.25, 0.3) is 0 Å². The van der Waals surface area contributed by atoms with Gasteiger partial charge in [0.2, 0.25) is 11.8 Å². The van der Waals surface area contributed by atoms with Gasteiger partial charge >= 0.3 is 5.97 Å². The molecule has 0 bridgehead atoms. The molecular weight excluding hydrogens is 426 g/mol. The Hall–Kier alpha value is -2.04. The van der Waals surface area contributed by atoms with Crippen molar-refractivity contribution >= 4 is 23.6 Å². The Bertz CT molecular complexity index is 600. The van der Waals surface area contributed by atoms with Crippen molar-refractivity contribution in [1.82, 2.24) is 10.6 Å². The van der Waals surface area contributed by atoms with E-state index in [2.05, 4.69) is 10.6 Å². The number of carboxylic acids is 1. The molecular formula is C23H45N5O5. The van der Waals surface area contributed by atoms with Crippen LogP contribution in [0.5, 0.6) is 0 Å². The van der Waals surface area contributed by atoms with Gasteiger partial charge in [0.05, 0.1) is 6.04 Å². The monoisotopic (exact) mass is 471 g/mol. The number of ketones is 1. The number of amides is 2. The molecule has 0 aromatic heterocycles. The van der Waals surface area contributed by atoms with Gasteiger partial charge in [0.25, 0.3) is 0 Å². The molecule has 192 valence electrons. The topological polar surface area (TPSA) is 191 Å². The second kappa shape index (κ2) is 18.4.